The van der Waals surface area contributed by atoms with Gasteiger partial charge in [-0.2, -0.15) is 0 Å². The molecule has 0 heterocycles. The first-order valence-electron chi connectivity index (χ1n) is 7.29. The third kappa shape index (κ3) is 5.62. The average Bonchev–Trinajstić information content (AvgIpc) is 2.45. The highest BCUT2D eigenvalue weighted by Gasteiger charge is 2.11. The normalized spacial score (nSPS) is 14.1. The summed E-state index contributed by atoms with van der Waals surface area (Å²) >= 11 is 0. The van der Waals surface area contributed by atoms with Gasteiger partial charge in [0.15, 0.2) is 0 Å². The molecule has 1 aromatic rings. The summed E-state index contributed by atoms with van der Waals surface area (Å²) in [5, 5.41) is 13.0. The number of aliphatic hydroxyl groups excluding tert-OH is 1. The third-order valence-corrected chi connectivity index (χ3v) is 3.30. The maximum absolute atomic E-state index is 9.84. The Morgan fingerprint density at radius 2 is 2.00 bits per heavy atom. The molecule has 0 fully saturated rings. The quantitative estimate of drug-likeness (QED) is 0.675. The van der Waals surface area contributed by atoms with E-state index in [1.54, 1.807) is 0 Å². The van der Waals surface area contributed by atoms with Crippen LogP contribution in [-0.2, 0) is 0 Å². The molecule has 19 heavy (non-hydrogen) atoms. The molecule has 108 valence electrons. The first-order chi connectivity index (χ1) is 9.19. The van der Waals surface area contributed by atoms with Crippen molar-refractivity contribution in [2.24, 2.45) is 0 Å². The summed E-state index contributed by atoms with van der Waals surface area (Å²) in [5.41, 5.74) is 1.22. The lowest BCUT2D eigenvalue weighted by atomic mass is 9.98. The maximum Gasteiger partial charge on any atom is 0.122 e. The largest absolute Gasteiger partial charge is 0.491 e. The molecule has 1 aromatic carbocycles. The molecule has 2 N–H and O–H groups in total. The number of hydrogen-bond acceptors (Lipinski definition) is 3. The van der Waals surface area contributed by atoms with Gasteiger partial charge >= 0.3 is 0 Å². The second-order valence-electron chi connectivity index (χ2n) is 5.02. The Balaban J connectivity index is 2.48. The molecule has 0 radical (unpaired) electrons. The molecule has 2 unspecified atom stereocenters. The standard InChI is InChI=1S/C16H27NO2/c1-4-10-17-11-14(18)12-19-16-9-7-6-8-15(16)13(3)5-2/h6-9,13-14,17-18H,4-5,10-12H2,1-3H3. The molecule has 0 spiro atoms. The van der Waals surface area contributed by atoms with E-state index < -0.39 is 6.10 Å². The summed E-state index contributed by atoms with van der Waals surface area (Å²) in [6.07, 6.45) is 1.70. The number of hydrogen-bond donors (Lipinski definition) is 2. The Kier molecular flexibility index (Phi) is 7.53. The van der Waals surface area contributed by atoms with Crippen molar-refractivity contribution in [3.8, 4) is 5.75 Å². The van der Waals surface area contributed by atoms with E-state index in [2.05, 4.69) is 32.2 Å². The van der Waals surface area contributed by atoms with E-state index in [9.17, 15) is 5.11 Å². The van der Waals surface area contributed by atoms with Crippen LogP contribution in [0, 0.1) is 0 Å². The fourth-order valence-electron chi connectivity index (χ4n) is 1.93. The Labute approximate surface area is 117 Å². The van der Waals surface area contributed by atoms with Crippen molar-refractivity contribution in [3.05, 3.63) is 29.8 Å². The van der Waals surface area contributed by atoms with Crippen molar-refractivity contribution >= 4 is 0 Å². The summed E-state index contributed by atoms with van der Waals surface area (Å²) in [6.45, 7) is 8.33. The van der Waals surface area contributed by atoms with E-state index in [0.29, 0.717) is 19.1 Å². The van der Waals surface area contributed by atoms with Gasteiger partial charge in [0, 0.05) is 6.54 Å². The van der Waals surface area contributed by atoms with Crippen LogP contribution in [0.5, 0.6) is 5.75 Å². The first-order valence-corrected chi connectivity index (χ1v) is 7.29. The highest BCUT2D eigenvalue weighted by Crippen LogP contribution is 2.28. The van der Waals surface area contributed by atoms with Gasteiger partial charge in [-0.1, -0.05) is 39.0 Å². The zero-order valence-corrected chi connectivity index (χ0v) is 12.4. The van der Waals surface area contributed by atoms with Gasteiger partial charge in [0.25, 0.3) is 0 Å². The fourth-order valence-corrected chi connectivity index (χ4v) is 1.93. The number of para-hydroxylation sites is 1. The molecule has 1 rings (SSSR count). The maximum atomic E-state index is 9.84. The molecule has 3 nitrogen and oxygen atoms in total. The molecular weight excluding hydrogens is 238 g/mol. The van der Waals surface area contributed by atoms with Crippen LogP contribution in [0.1, 0.15) is 45.1 Å². The van der Waals surface area contributed by atoms with Gasteiger partial charge in [-0.05, 0) is 36.9 Å². The zero-order valence-electron chi connectivity index (χ0n) is 12.4. The monoisotopic (exact) mass is 265 g/mol. The number of aliphatic hydroxyl groups is 1. The number of nitrogens with one attached hydrogen (secondary N) is 1. The lowest BCUT2D eigenvalue weighted by molar-refractivity contribution is 0.106. The zero-order chi connectivity index (χ0) is 14.1. The molecule has 0 bridgehead atoms. The van der Waals surface area contributed by atoms with Crippen LogP contribution < -0.4 is 10.1 Å². The summed E-state index contributed by atoms with van der Waals surface area (Å²) in [7, 11) is 0. The summed E-state index contributed by atoms with van der Waals surface area (Å²) in [5.74, 6) is 1.37. The van der Waals surface area contributed by atoms with E-state index in [1.165, 1.54) is 5.56 Å². The highest BCUT2D eigenvalue weighted by atomic mass is 16.5. The van der Waals surface area contributed by atoms with Crippen LogP contribution in [0.3, 0.4) is 0 Å². The lowest BCUT2D eigenvalue weighted by Gasteiger charge is -2.18. The third-order valence-electron chi connectivity index (χ3n) is 3.30. The van der Waals surface area contributed by atoms with Gasteiger partial charge in [0.05, 0.1) is 0 Å². The van der Waals surface area contributed by atoms with E-state index in [0.717, 1.165) is 25.1 Å². The van der Waals surface area contributed by atoms with Gasteiger partial charge in [0.2, 0.25) is 0 Å². The first kappa shape index (κ1) is 16.0. The van der Waals surface area contributed by atoms with E-state index in [1.807, 2.05) is 18.2 Å². The Morgan fingerprint density at radius 1 is 1.26 bits per heavy atom. The van der Waals surface area contributed by atoms with E-state index in [-0.39, 0.29) is 0 Å². The Bertz CT molecular complexity index is 354. The second kappa shape index (κ2) is 8.94. The van der Waals surface area contributed by atoms with Crippen molar-refractivity contribution < 1.29 is 9.84 Å². The molecule has 0 aliphatic carbocycles. The number of ether oxygens (including phenoxy) is 1. The van der Waals surface area contributed by atoms with Crippen LogP contribution in [0.2, 0.25) is 0 Å². The molecule has 0 aliphatic rings. The smallest absolute Gasteiger partial charge is 0.122 e. The van der Waals surface area contributed by atoms with Crippen LogP contribution in [0.4, 0.5) is 0 Å². The predicted molar refractivity (Wildman–Crippen MR) is 79.8 cm³/mol. The summed E-state index contributed by atoms with van der Waals surface area (Å²) in [4.78, 5) is 0. The van der Waals surface area contributed by atoms with Gasteiger partial charge in [-0.25, -0.2) is 0 Å². The molecule has 0 aliphatic heterocycles. The Morgan fingerprint density at radius 3 is 2.68 bits per heavy atom. The Hall–Kier alpha value is -1.06. The minimum Gasteiger partial charge on any atom is -0.491 e. The molecule has 0 saturated heterocycles. The van der Waals surface area contributed by atoms with Crippen molar-refractivity contribution in [2.75, 3.05) is 19.7 Å². The summed E-state index contributed by atoms with van der Waals surface area (Å²) < 4.78 is 5.76. The summed E-state index contributed by atoms with van der Waals surface area (Å²) in [6, 6.07) is 8.09. The van der Waals surface area contributed by atoms with E-state index >= 15 is 0 Å². The number of rotatable bonds is 9. The SMILES string of the molecule is CCCNCC(O)COc1ccccc1C(C)CC. The van der Waals surface area contributed by atoms with Gasteiger partial charge in [-0.3, -0.25) is 0 Å². The van der Waals surface area contributed by atoms with Crippen molar-refractivity contribution in [2.45, 2.75) is 45.6 Å². The topological polar surface area (TPSA) is 41.5 Å². The van der Waals surface area contributed by atoms with Crippen LogP contribution in [0.25, 0.3) is 0 Å². The van der Waals surface area contributed by atoms with Crippen LogP contribution >= 0.6 is 0 Å². The molecule has 0 aromatic heterocycles. The highest BCUT2D eigenvalue weighted by molar-refractivity contribution is 5.35. The van der Waals surface area contributed by atoms with Gasteiger partial charge < -0.3 is 15.2 Å². The van der Waals surface area contributed by atoms with Gasteiger partial charge in [-0.15, -0.1) is 0 Å². The molecular formula is C16H27NO2. The molecule has 3 heteroatoms. The van der Waals surface area contributed by atoms with Gasteiger partial charge in [0.1, 0.15) is 18.5 Å². The molecule has 0 amide bonds. The van der Waals surface area contributed by atoms with Crippen LogP contribution in [0.15, 0.2) is 24.3 Å². The average molecular weight is 265 g/mol. The second-order valence-corrected chi connectivity index (χ2v) is 5.02. The van der Waals surface area contributed by atoms with Crippen molar-refractivity contribution in [1.29, 1.82) is 0 Å². The minimum atomic E-state index is -0.462. The van der Waals surface area contributed by atoms with Crippen molar-refractivity contribution in [1.82, 2.24) is 5.32 Å². The molecule has 0 saturated carbocycles. The minimum absolute atomic E-state index is 0.337. The van der Waals surface area contributed by atoms with E-state index in [4.69, 9.17) is 4.74 Å². The van der Waals surface area contributed by atoms with Crippen LogP contribution in [-0.4, -0.2) is 30.9 Å². The number of benzene rings is 1. The predicted octanol–water partition coefficient (Wildman–Crippen LogP) is 2.94. The van der Waals surface area contributed by atoms with Crippen molar-refractivity contribution in [3.63, 3.8) is 0 Å². The lowest BCUT2D eigenvalue weighted by Crippen LogP contribution is -2.31. The fraction of sp³-hybridized carbons (Fsp3) is 0.625. The molecule has 2 atom stereocenters.